The summed E-state index contributed by atoms with van der Waals surface area (Å²) >= 11 is 0. The molecule has 4 rings (SSSR count). The van der Waals surface area contributed by atoms with Crippen molar-refractivity contribution in [2.24, 2.45) is 0 Å². The molecule has 4 aromatic rings. The molecule has 3 aromatic carbocycles. The summed E-state index contributed by atoms with van der Waals surface area (Å²) in [6, 6.07) is 28.7. The quantitative estimate of drug-likeness (QED) is 0.252. The van der Waals surface area contributed by atoms with Crippen LogP contribution in [0.25, 0.3) is 0 Å². The van der Waals surface area contributed by atoms with Crippen LogP contribution in [0.3, 0.4) is 0 Å². The molecule has 0 spiro atoms. The number of carbonyl (C=O) groups is 2. The number of nitrogens with one attached hydrogen (secondary N) is 1. The van der Waals surface area contributed by atoms with E-state index >= 15 is 0 Å². The highest BCUT2D eigenvalue weighted by Gasteiger charge is 2.20. The molecule has 1 heterocycles. The summed E-state index contributed by atoms with van der Waals surface area (Å²) in [4.78, 5) is 31.1. The van der Waals surface area contributed by atoms with Gasteiger partial charge in [0.1, 0.15) is 18.2 Å². The number of para-hydroxylation sites is 1. The van der Waals surface area contributed by atoms with Crippen molar-refractivity contribution >= 4 is 23.3 Å². The van der Waals surface area contributed by atoms with Gasteiger partial charge in [0.05, 0.1) is 19.0 Å². The van der Waals surface area contributed by atoms with Gasteiger partial charge < -0.3 is 20.1 Å². The van der Waals surface area contributed by atoms with E-state index < -0.39 is 12.0 Å². The van der Waals surface area contributed by atoms with Crippen LogP contribution >= 0.6 is 0 Å². The molecule has 7 nitrogen and oxygen atoms in total. The molecule has 1 unspecified atom stereocenters. The zero-order valence-corrected chi connectivity index (χ0v) is 20.6. The molecule has 188 valence electrons. The fourth-order valence-corrected chi connectivity index (χ4v) is 3.96. The van der Waals surface area contributed by atoms with Gasteiger partial charge in [0.15, 0.2) is 5.78 Å². The Hall–Kier alpha value is -4.65. The lowest BCUT2D eigenvalue weighted by Gasteiger charge is -2.21. The fraction of sp³-hybridized carbons (Fsp3) is 0.167. The maximum Gasteiger partial charge on any atom is 0.305 e. The van der Waals surface area contributed by atoms with Gasteiger partial charge in [-0.15, -0.1) is 0 Å². The minimum Gasteiger partial charge on any atom is -0.492 e. The van der Waals surface area contributed by atoms with Crippen LogP contribution in [0.4, 0.5) is 11.5 Å². The molecule has 0 bridgehead atoms. The lowest BCUT2D eigenvalue weighted by molar-refractivity contribution is -0.137. The van der Waals surface area contributed by atoms with E-state index in [0.717, 1.165) is 11.4 Å². The predicted molar refractivity (Wildman–Crippen MR) is 144 cm³/mol. The number of hydrogen-bond donors (Lipinski definition) is 2. The summed E-state index contributed by atoms with van der Waals surface area (Å²) in [5.41, 5.74) is 2.42. The number of aliphatic carboxylic acids is 1. The number of rotatable bonds is 12. The molecule has 0 aliphatic heterocycles. The van der Waals surface area contributed by atoms with Crippen molar-refractivity contribution in [3.63, 3.8) is 0 Å². The lowest BCUT2D eigenvalue weighted by Crippen LogP contribution is -2.24. The van der Waals surface area contributed by atoms with Gasteiger partial charge in [-0.25, -0.2) is 4.98 Å². The number of nitrogens with zero attached hydrogens (tertiary/aromatic N) is 2. The first kappa shape index (κ1) is 25.4. The second-order valence-electron chi connectivity index (χ2n) is 8.56. The molecule has 0 saturated carbocycles. The first-order valence-electron chi connectivity index (χ1n) is 12.0. The van der Waals surface area contributed by atoms with E-state index in [2.05, 4.69) is 10.3 Å². The molecular formula is C30H29N3O4. The van der Waals surface area contributed by atoms with E-state index in [9.17, 15) is 14.7 Å². The lowest BCUT2D eigenvalue weighted by atomic mass is 9.99. The Balaban J connectivity index is 1.45. The number of carboxylic acid groups (broad SMARTS) is 1. The van der Waals surface area contributed by atoms with Crippen LogP contribution in [-0.4, -0.2) is 42.0 Å². The number of likely N-dealkylation sites (N-methyl/N-ethyl adjacent to an activating group) is 1. The standard InChI is InChI=1S/C30H29N3O4/c1-33(28-13-7-8-18-31-28)19-20-37-24-16-14-22(15-17-24)27(21-29(34)35)32-26-12-6-5-11-25(26)30(36)23-9-3-2-4-10-23/h2-18,27,32H,19-21H2,1H3,(H,34,35). The van der Waals surface area contributed by atoms with Gasteiger partial charge >= 0.3 is 5.97 Å². The number of pyridine rings is 1. The Morgan fingerprint density at radius 2 is 1.62 bits per heavy atom. The Labute approximate surface area is 216 Å². The summed E-state index contributed by atoms with van der Waals surface area (Å²) in [6.07, 6.45) is 1.60. The number of ether oxygens (including phenoxy) is 1. The van der Waals surface area contributed by atoms with Crippen LogP contribution in [0.1, 0.15) is 33.9 Å². The van der Waals surface area contributed by atoms with Crippen LogP contribution in [0.15, 0.2) is 103 Å². The van der Waals surface area contributed by atoms with E-state index in [0.29, 0.717) is 35.7 Å². The number of hydrogen-bond acceptors (Lipinski definition) is 6. The summed E-state index contributed by atoms with van der Waals surface area (Å²) in [7, 11) is 1.96. The van der Waals surface area contributed by atoms with E-state index in [1.807, 2.05) is 78.7 Å². The van der Waals surface area contributed by atoms with Crippen LogP contribution in [0.2, 0.25) is 0 Å². The molecule has 2 N–H and O–H groups in total. The topological polar surface area (TPSA) is 91.8 Å². The van der Waals surface area contributed by atoms with Crippen molar-refractivity contribution in [3.8, 4) is 5.75 Å². The minimum absolute atomic E-state index is 0.128. The molecule has 7 heteroatoms. The Morgan fingerprint density at radius 1 is 0.919 bits per heavy atom. The van der Waals surface area contributed by atoms with E-state index in [1.165, 1.54) is 0 Å². The highest BCUT2D eigenvalue weighted by atomic mass is 16.5. The Bertz CT molecular complexity index is 1310. The molecule has 0 fully saturated rings. The summed E-state index contributed by atoms with van der Waals surface area (Å²) in [5.74, 6) is 0.487. The van der Waals surface area contributed by atoms with E-state index in [4.69, 9.17) is 4.74 Å². The third-order valence-electron chi connectivity index (χ3n) is 5.93. The monoisotopic (exact) mass is 495 g/mol. The number of carboxylic acids is 1. The fourth-order valence-electron chi connectivity index (χ4n) is 3.96. The normalized spacial score (nSPS) is 11.4. The summed E-state index contributed by atoms with van der Waals surface area (Å²) in [6.45, 7) is 1.13. The van der Waals surface area contributed by atoms with Crippen LogP contribution in [0.5, 0.6) is 5.75 Å². The van der Waals surface area contributed by atoms with Crippen molar-refractivity contribution < 1.29 is 19.4 Å². The first-order chi connectivity index (χ1) is 18.0. The number of carbonyl (C=O) groups excluding carboxylic acids is 1. The summed E-state index contributed by atoms with van der Waals surface area (Å²) < 4.78 is 5.88. The van der Waals surface area contributed by atoms with Crippen LogP contribution < -0.4 is 15.0 Å². The van der Waals surface area contributed by atoms with Gasteiger partial charge in [-0.05, 0) is 42.0 Å². The second-order valence-corrected chi connectivity index (χ2v) is 8.56. The van der Waals surface area contributed by atoms with Gasteiger partial charge in [-0.1, -0.05) is 60.7 Å². The summed E-state index contributed by atoms with van der Waals surface area (Å²) in [5, 5.41) is 12.8. The molecule has 0 aliphatic carbocycles. The Kier molecular flexibility index (Phi) is 8.49. The van der Waals surface area contributed by atoms with Crippen molar-refractivity contribution in [2.75, 3.05) is 30.4 Å². The smallest absolute Gasteiger partial charge is 0.305 e. The van der Waals surface area contributed by atoms with E-state index in [-0.39, 0.29) is 12.2 Å². The van der Waals surface area contributed by atoms with Gasteiger partial charge in [-0.2, -0.15) is 0 Å². The van der Waals surface area contributed by atoms with Gasteiger partial charge in [0.2, 0.25) is 0 Å². The zero-order chi connectivity index (χ0) is 26.0. The highest BCUT2D eigenvalue weighted by molar-refractivity contribution is 6.12. The average molecular weight is 496 g/mol. The molecular weight excluding hydrogens is 466 g/mol. The van der Waals surface area contributed by atoms with Gasteiger partial charge in [0, 0.05) is 30.1 Å². The maximum absolute atomic E-state index is 13.1. The van der Waals surface area contributed by atoms with Crippen molar-refractivity contribution in [3.05, 3.63) is 120 Å². The molecule has 1 atom stereocenters. The predicted octanol–water partition coefficient (Wildman–Crippen LogP) is 5.46. The number of ketones is 1. The molecule has 37 heavy (non-hydrogen) atoms. The van der Waals surface area contributed by atoms with E-state index in [1.54, 1.807) is 36.5 Å². The van der Waals surface area contributed by atoms with Crippen LogP contribution in [0, 0.1) is 0 Å². The molecule has 0 amide bonds. The first-order valence-corrected chi connectivity index (χ1v) is 12.0. The number of benzene rings is 3. The largest absolute Gasteiger partial charge is 0.492 e. The average Bonchev–Trinajstić information content (AvgIpc) is 2.93. The van der Waals surface area contributed by atoms with Crippen molar-refractivity contribution in [1.29, 1.82) is 0 Å². The van der Waals surface area contributed by atoms with Gasteiger partial charge in [0.25, 0.3) is 0 Å². The molecule has 0 aliphatic rings. The van der Waals surface area contributed by atoms with Gasteiger partial charge in [-0.3, -0.25) is 9.59 Å². The molecule has 1 aromatic heterocycles. The Morgan fingerprint density at radius 3 is 2.32 bits per heavy atom. The zero-order valence-electron chi connectivity index (χ0n) is 20.6. The number of aromatic nitrogens is 1. The van der Waals surface area contributed by atoms with Crippen molar-refractivity contribution in [1.82, 2.24) is 4.98 Å². The third-order valence-corrected chi connectivity index (χ3v) is 5.93. The maximum atomic E-state index is 13.1. The van der Waals surface area contributed by atoms with Crippen molar-refractivity contribution in [2.45, 2.75) is 12.5 Å². The second kappa shape index (κ2) is 12.4. The SMILES string of the molecule is CN(CCOc1ccc(C(CC(=O)O)Nc2ccccc2C(=O)c2ccccc2)cc1)c1ccccn1. The third kappa shape index (κ3) is 6.95. The molecule has 0 saturated heterocycles. The number of anilines is 2. The van der Waals surface area contributed by atoms with Crippen LogP contribution in [-0.2, 0) is 4.79 Å². The minimum atomic E-state index is -0.942. The highest BCUT2D eigenvalue weighted by Crippen LogP contribution is 2.28. The molecule has 0 radical (unpaired) electrons.